The molecule has 1 aromatic rings. The zero-order valence-corrected chi connectivity index (χ0v) is 13.1. The number of hydrogen-bond donors (Lipinski definition) is 2. The summed E-state index contributed by atoms with van der Waals surface area (Å²) in [6.45, 7) is 5.60. The van der Waals surface area contributed by atoms with Gasteiger partial charge in [-0.15, -0.1) is 12.4 Å². The molecule has 1 unspecified atom stereocenters. The zero-order valence-electron chi connectivity index (χ0n) is 11.6. The van der Waals surface area contributed by atoms with Gasteiger partial charge in [0.25, 0.3) is 0 Å². The fourth-order valence-electron chi connectivity index (χ4n) is 2.43. The summed E-state index contributed by atoms with van der Waals surface area (Å²) >= 11 is 6.27. The standard InChI is InChI=1S/C14H20ClN3O.ClH/c1-2-17-14(19)10-18-8-7-16-9-13(18)11-5-3-4-6-12(11)15;/h3-6,13,16H,2,7-10H2,1H3,(H,17,19);1H. The molecular formula is C14H21Cl2N3O. The number of hydrogen-bond acceptors (Lipinski definition) is 3. The van der Waals surface area contributed by atoms with Crippen molar-refractivity contribution < 1.29 is 4.79 Å². The highest BCUT2D eigenvalue weighted by Crippen LogP contribution is 2.28. The van der Waals surface area contributed by atoms with Crippen LogP contribution in [-0.2, 0) is 4.79 Å². The maximum atomic E-state index is 11.8. The van der Waals surface area contributed by atoms with Gasteiger partial charge in [-0.1, -0.05) is 29.8 Å². The molecule has 0 bridgehead atoms. The fourth-order valence-corrected chi connectivity index (χ4v) is 2.69. The molecule has 112 valence electrons. The fraction of sp³-hybridized carbons (Fsp3) is 0.500. The molecule has 1 aliphatic rings. The van der Waals surface area contributed by atoms with Crippen LogP contribution in [0.4, 0.5) is 0 Å². The van der Waals surface area contributed by atoms with Crippen LogP contribution in [0.1, 0.15) is 18.5 Å². The molecule has 20 heavy (non-hydrogen) atoms. The Morgan fingerprint density at radius 2 is 2.25 bits per heavy atom. The third kappa shape index (κ3) is 4.35. The number of piperazine rings is 1. The summed E-state index contributed by atoms with van der Waals surface area (Å²) in [6, 6.07) is 8.00. The number of nitrogens with one attached hydrogen (secondary N) is 2. The molecule has 0 radical (unpaired) electrons. The van der Waals surface area contributed by atoms with Gasteiger partial charge in [0.1, 0.15) is 0 Å². The lowest BCUT2D eigenvalue weighted by Crippen LogP contribution is -2.49. The van der Waals surface area contributed by atoms with Crippen molar-refractivity contribution in [3.63, 3.8) is 0 Å². The third-order valence-electron chi connectivity index (χ3n) is 3.34. The van der Waals surface area contributed by atoms with Gasteiger partial charge in [0.15, 0.2) is 0 Å². The monoisotopic (exact) mass is 317 g/mol. The molecule has 1 heterocycles. The lowest BCUT2D eigenvalue weighted by Gasteiger charge is -2.36. The first-order valence-electron chi connectivity index (χ1n) is 6.68. The molecule has 1 fully saturated rings. The quantitative estimate of drug-likeness (QED) is 0.890. The Balaban J connectivity index is 0.00000200. The smallest absolute Gasteiger partial charge is 0.234 e. The van der Waals surface area contributed by atoms with Crippen molar-refractivity contribution in [2.24, 2.45) is 0 Å². The van der Waals surface area contributed by atoms with Gasteiger partial charge in [0, 0.05) is 37.2 Å². The summed E-state index contributed by atoms with van der Waals surface area (Å²) in [5.41, 5.74) is 1.08. The first kappa shape index (κ1) is 17.2. The SMILES string of the molecule is CCNC(=O)CN1CCNCC1c1ccccc1Cl.Cl. The Bertz CT molecular complexity index is 442. The third-order valence-corrected chi connectivity index (χ3v) is 3.68. The molecule has 0 aromatic heterocycles. The predicted molar refractivity (Wildman–Crippen MR) is 84.6 cm³/mol. The highest BCUT2D eigenvalue weighted by atomic mass is 35.5. The highest BCUT2D eigenvalue weighted by Gasteiger charge is 2.26. The molecule has 2 rings (SSSR count). The molecule has 1 atom stereocenters. The maximum Gasteiger partial charge on any atom is 0.234 e. The molecule has 1 aromatic carbocycles. The van der Waals surface area contributed by atoms with Crippen LogP contribution in [0, 0.1) is 0 Å². The van der Waals surface area contributed by atoms with Crippen molar-refractivity contribution in [1.82, 2.24) is 15.5 Å². The minimum Gasteiger partial charge on any atom is -0.355 e. The average molecular weight is 318 g/mol. The second kappa shape index (κ2) is 8.47. The van der Waals surface area contributed by atoms with Gasteiger partial charge >= 0.3 is 0 Å². The van der Waals surface area contributed by atoms with E-state index in [1.807, 2.05) is 31.2 Å². The van der Waals surface area contributed by atoms with E-state index >= 15 is 0 Å². The molecule has 0 aliphatic carbocycles. The van der Waals surface area contributed by atoms with Crippen molar-refractivity contribution >= 4 is 29.9 Å². The molecule has 1 aliphatic heterocycles. The van der Waals surface area contributed by atoms with E-state index in [0.717, 1.165) is 30.2 Å². The lowest BCUT2D eigenvalue weighted by molar-refractivity contribution is -0.122. The summed E-state index contributed by atoms with van der Waals surface area (Å²) in [7, 11) is 0. The van der Waals surface area contributed by atoms with Crippen LogP contribution in [0.5, 0.6) is 0 Å². The van der Waals surface area contributed by atoms with Crippen LogP contribution < -0.4 is 10.6 Å². The summed E-state index contributed by atoms with van der Waals surface area (Å²) in [5.74, 6) is 0.0708. The molecule has 1 amide bonds. The average Bonchev–Trinajstić information content (AvgIpc) is 2.40. The largest absolute Gasteiger partial charge is 0.355 e. The minimum absolute atomic E-state index is 0. The van der Waals surface area contributed by atoms with Gasteiger partial charge in [-0.2, -0.15) is 0 Å². The van der Waals surface area contributed by atoms with E-state index in [0.29, 0.717) is 13.1 Å². The van der Waals surface area contributed by atoms with E-state index in [9.17, 15) is 4.79 Å². The van der Waals surface area contributed by atoms with Gasteiger partial charge in [0.05, 0.1) is 6.54 Å². The normalized spacial score (nSPS) is 19.2. The van der Waals surface area contributed by atoms with Crippen molar-refractivity contribution in [3.8, 4) is 0 Å². The Morgan fingerprint density at radius 1 is 1.50 bits per heavy atom. The predicted octanol–water partition coefficient (Wildman–Crippen LogP) is 1.84. The van der Waals surface area contributed by atoms with Crippen LogP contribution in [0.15, 0.2) is 24.3 Å². The lowest BCUT2D eigenvalue weighted by atomic mass is 10.0. The zero-order chi connectivity index (χ0) is 13.7. The molecule has 6 heteroatoms. The number of likely N-dealkylation sites (N-methyl/N-ethyl adjacent to an activating group) is 1. The number of halogens is 2. The topological polar surface area (TPSA) is 44.4 Å². The van der Waals surface area contributed by atoms with E-state index in [1.54, 1.807) is 0 Å². The Hall–Kier alpha value is -0.810. The van der Waals surface area contributed by atoms with Gasteiger partial charge in [-0.3, -0.25) is 9.69 Å². The summed E-state index contributed by atoms with van der Waals surface area (Å²) in [6.07, 6.45) is 0. The Morgan fingerprint density at radius 3 is 2.95 bits per heavy atom. The maximum absolute atomic E-state index is 11.8. The van der Waals surface area contributed by atoms with Gasteiger partial charge in [0.2, 0.25) is 5.91 Å². The number of amides is 1. The van der Waals surface area contributed by atoms with E-state index in [2.05, 4.69) is 15.5 Å². The second-order valence-corrected chi connectivity index (χ2v) is 5.07. The number of rotatable bonds is 4. The van der Waals surface area contributed by atoms with Gasteiger partial charge < -0.3 is 10.6 Å². The second-order valence-electron chi connectivity index (χ2n) is 4.67. The molecule has 0 saturated carbocycles. The van der Waals surface area contributed by atoms with Crippen LogP contribution in [0.2, 0.25) is 5.02 Å². The summed E-state index contributed by atoms with van der Waals surface area (Å²) in [5, 5.41) is 6.97. The number of nitrogens with zero attached hydrogens (tertiary/aromatic N) is 1. The van der Waals surface area contributed by atoms with Crippen molar-refractivity contribution in [2.75, 3.05) is 32.7 Å². The Kier molecular flexibility index (Phi) is 7.30. The molecule has 1 saturated heterocycles. The number of carbonyl (C=O) groups is 1. The first-order chi connectivity index (χ1) is 9.22. The molecule has 0 spiro atoms. The number of carbonyl (C=O) groups excluding carboxylic acids is 1. The van der Waals surface area contributed by atoms with Crippen molar-refractivity contribution in [2.45, 2.75) is 13.0 Å². The van der Waals surface area contributed by atoms with E-state index in [1.165, 1.54) is 0 Å². The van der Waals surface area contributed by atoms with E-state index in [4.69, 9.17) is 11.6 Å². The Labute approximate surface area is 131 Å². The van der Waals surface area contributed by atoms with Crippen LogP contribution >= 0.6 is 24.0 Å². The van der Waals surface area contributed by atoms with Gasteiger partial charge in [-0.05, 0) is 18.6 Å². The molecule has 4 nitrogen and oxygen atoms in total. The van der Waals surface area contributed by atoms with E-state index in [-0.39, 0.29) is 24.4 Å². The van der Waals surface area contributed by atoms with Gasteiger partial charge in [-0.25, -0.2) is 0 Å². The molecule has 2 N–H and O–H groups in total. The van der Waals surface area contributed by atoms with Crippen molar-refractivity contribution in [3.05, 3.63) is 34.9 Å². The van der Waals surface area contributed by atoms with Crippen LogP contribution in [0.3, 0.4) is 0 Å². The van der Waals surface area contributed by atoms with Crippen LogP contribution in [-0.4, -0.2) is 43.5 Å². The summed E-state index contributed by atoms with van der Waals surface area (Å²) < 4.78 is 0. The molecular weight excluding hydrogens is 297 g/mol. The van der Waals surface area contributed by atoms with Crippen molar-refractivity contribution in [1.29, 1.82) is 0 Å². The van der Waals surface area contributed by atoms with E-state index < -0.39 is 0 Å². The minimum atomic E-state index is 0. The first-order valence-corrected chi connectivity index (χ1v) is 7.06. The van der Waals surface area contributed by atoms with Crippen LogP contribution in [0.25, 0.3) is 0 Å². The highest BCUT2D eigenvalue weighted by molar-refractivity contribution is 6.31. The number of benzene rings is 1. The summed E-state index contributed by atoms with van der Waals surface area (Å²) in [4.78, 5) is 14.0.